The monoisotopic (exact) mass is 261 g/mol. The van der Waals surface area contributed by atoms with Crippen LogP contribution in [0.5, 0.6) is 5.75 Å². The summed E-state index contributed by atoms with van der Waals surface area (Å²) >= 11 is 0. The van der Waals surface area contributed by atoms with Gasteiger partial charge in [0.2, 0.25) is 0 Å². The van der Waals surface area contributed by atoms with E-state index in [1.807, 2.05) is 19.1 Å². The molecule has 3 N–H and O–H groups in total. The third kappa shape index (κ3) is 2.90. The molecular formula is C14H15NO2S. The Morgan fingerprint density at radius 1 is 1.17 bits per heavy atom. The van der Waals surface area contributed by atoms with E-state index in [-0.39, 0.29) is 5.75 Å². The van der Waals surface area contributed by atoms with Crippen molar-refractivity contribution in [2.75, 3.05) is 5.73 Å². The van der Waals surface area contributed by atoms with Crippen LogP contribution in [-0.4, -0.2) is 9.32 Å². The van der Waals surface area contributed by atoms with Gasteiger partial charge in [0.1, 0.15) is 5.75 Å². The molecule has 0 fully saturated rings. The summed E-state index contributed by atoms with van der Waals surface area (Å²) in [4.78, 5) is 0.670. The lowest BCUT2D eigenvalue weighted by Gasteiger charge is -2.07. The molecule has 18 heavy (non-hydrogen) atoms. The molecule has 0 spiro atoms. The third-order valence-electron chi connectivity index (χ3n) is 2.65. The van der Waals surface area contributed by atoms with Crippen molar-refractivity contribution in [2.45, 2.75) is 17.6 Å². The Bertz CT molecular complexity index is 579. The summed E-state index contributed by atoms with van der Waals surface area (Å²) in [7, 11) is -1.17. The van der Waals surface area contributed by atoms with Crippen molar-refractivity contribution in [3.8, 4) is 5.75 Å². The molecule has 94 valence electrons. The molecule has 2 rings (SSSR count). The van der Waals surface area contributed by atoms with Gasteiger partial charge in [-0.2, -0.15) is 0 Å². The van der Waals surface area contributed by atoms with E-state index in [0.29, 0.717) is 16.3 Å². The molecule has 1 unspecified atom stereocenters. The summed E-state index contributed by atoms with van der Waals surface area (Å²) in [5, 5.41) is 9.19. The van der Waals surface area contributed by atoms with E-state index in [0.717, 1.165) is 11.1 Å². The summed E-state index contributed by atoms with van der Waals surface area (Å²) in [6.07, 6.45) is 0. The van der Waals surface area contributed by atoms with Crippen molar-refractivity contribution >= 4 is 16.5 Å². The normalized spacial score (nSPS) is 12.3. The second-order valence-corrected chi connectivity index (χ2v) is 5.62. The van der Waals surface area contributed by atoms with Crippen LogP contribution in [0.3, 0.4) is 0 Å². The van der Waals surface area contributed by atoms with E-state index < -0.39 is 10.8 Å². The molecule has 0 radical (unpaired) electrons. The molecular weight excluding hydrogens is 246 g/mol. The Kier molecular flexibility index (Phi) is 3.67. The molecule has 0 saturated heterocycles. The maximum absolute atomic E-state index is 12.2. The SMILES string of the molecule is Cc1ccc(N)c(S(=O)Cc2ccc(O)cc2)c1. The van der Waals surface area contributed by atoms with Gasteiger partial charge in [-0.25, -0.2) is 0 Å². The van der Waals surface area contributed by atoms with Crippen LogP contribution < -0.4 is 5.73 Å². The number of anilines is 1. The van der Waals surface area contributed by atoms with Gasteiger partial charge in [-0.3, -0.25) is 4.21 Å². The Morgan fingerprint density at radius 2 is 1.83 bits per heavy atom. The van der Waals surface area contributed by atoms with Gasteiger partial charge in [0, 0.05) is 5.69 Å². The van der Waals surface area contributed by atoms with E-state index in [9.17, 15) is 9.32 Å². The molecule has 0 aliphatic rings. The number of hydrogen-bond donors (Lipinski definition) is 2. The molecule has 0 amide bonds. The standard InChI is InChI=1S/C14H15NO2S/c1-10-2-7-13(15)14(8-10)18(17)9-11-3-5-12(16)6-4-11/h2-8,16H,9,15H2,1H3. The minimum atomic E-state index is -1.17. The van der Waals surface area contributed by atoms with Crippen LogP contribution >= 0.6 is 0 Å². The maximum atomic E-state index is 12.2. The van der Waals surface area contributed by atoms with E-state index in [1.54, 1.807) is 30.3 Å². The fourth-order valence-corrected chi connectivity index (χ4v) is 2.96. The van der Waals surface area contributed by atoms with Crippen LogP contribution in [0.2, 0.25) is 0 Å². The first-order valence-electron chi connectivity index (χ1n) is 5.58. The Hall–Kier alpha value is -1.81. The van der Waals surface area contributed by atoms with Gasteiger partial charge in [-0.1, -0.05) is 18.2 Å². The number of nitrogen functional groups attached to an aromatic ring is 1. The van der Waals surface area contributed by atoms with Crippen LogP contribution in [0.4, 0.5) is 5.69 Å². The fraction of sp³-hybridized carbons (Fsp3) is 0.143. The van der Waals surface area contributed by atoms with E-state index in [1.165, 1.54) is 0 Å². The van der Waals surface area contributed by atoms with E-state index >= 15 is 0 Å². The predicted octanol–water partition coefficient (Wildman–Crippen LogP) is 2.59. The molecule has 0 bridgehead atoms. The van der Waals surface area contributed by atoms with Gasteiger partial charge < -0.3 is 10.8 Å². The summed E-state index contributed by atoms with van der Waals surface area (Å²) < 4.78 is 12.2. The molecule has 3 nitrogen and oxygen atoms in total. The predicted molar refractivity (Wildman–Crippen MR) is 73.8 cm³/mol. The van der Waals surface area contributed by atoms with Crippen molar-refractivity contribution in [1.82, 2.24) is 0 Å². The Labute approximate surface area is 109 Å². The van der Waals surface area contributed by atoms with Crippen molar-refractivity contribution in [3.63, 3.8) is 0 Å². The fourth-order valence-electron chi connectivity index (χ4n) is 1.66. The van der Waals surface area contributed by atoms with Gasteiger partial charge >= 0.3 is 0 Å². The van der Waals surface area contributed by atoms with Gasteiger partial charge in [0.05, 0.1) is 21.4 Å². The van der Waals surface area contributed by atoms with Crippen molar-refractivity contribution in [3.05, 3.63) is 53.6 Å². The van der Waals surface area contributed by atoms with Crippen LogP contribution in [-0.2, 0) is 16.6 Å². The second-order valence-electron chi connectivity index (χ2n) is 4.20. The third-order valence-corrected chi connectivity index (χ3v) is 4.09. The van der Waals surface area contributed by atoms with E-state index in [4.69, 9.17) is 5.73 Å². The Morgan fingerprint density at radius 3 is 2.50 bits per heavy atom. The zero-order chi connectivity index (χ0) is 13.1. The van der Waals surface area contributed by atoms with Crippen molar-refractivity contribution in [2.24, 2.45) is 0 Å². The summed E-state index contributed by atoms with van der Waals surface area (Å²) in [6.45, 7) is 1.95. The van der Waals surface area contributed by atoms with Crippen LogP contribution in [0.1, 0.15) is 11.1 Å². The highest BCUT2D eigenvalue weighted by molar-refractivity contribution is 7.84. The molecule has 2 aromatic rings. The number of nitrogens with two attached hydrogens (primary N) is 1. The second kappa shape index (κ2) is 5.23. The summed E-state index contributed by atoms with van der Waals surface area (Å²) in [5.41, 5.74) is 8.34. The summed E-state index contributed by atoms with van der Waals surface area (Å²) in [5.74, 6) is 0.605. The summed E-state index contributed by atoms with van der Waals surface area (Å²) in [6, 6.07) is 12.2. The molecule has 0 aliphatic heterocycles. The van der Waals surface area contributed by atoms with Gasteiger partial charge in [0.25, 0.3) is 0 Å². The Balaban J connectivity index is 2.21. The lowest BCUT2D eigenvalue weighted by Crippen LogP contribution is -2.01. The number of benzene rings is 2. The largest absolute Gasteiger partial charge is 0.508 e. The highest BCUT2D eigenvalue weighted by Gasteiger charge is 2.09. The molecule has 0 aliphatic carbocycles. The smallest absolute Gasteiger partial charge is 0.115 e. The van der Waals surface area contributed by atoms with E-state index in [2.05, 4.69) is 0 Å². The average molecular weight is 261 g/mol. The number of hydrogen-bond acceptors (Lipinski definition) is 3. The van der Waals surface area contributed by atoms with Crippen molar-refractivity contribution in [1.29, 1.82) is 0 Å². The minimum absolute atomic E-state index is 0.208. The molecule has 1 atom stereocenters. The van der Waals surface area contributed by atoms with Crippen molar-refractivity contribution < 1.29 is 9.32 Å². The lowest BCUT2D eigenvalue weighted by molar-refractivity contribution is 0.475. The number of rotatable bonds is 3. The number of aryl methyl sites for hydroxylation is 1. The maximum Gasteiger partial charge on any atom is 0.115 e. The molecule has 0 saturated carbocycles. The van der Waals surface area contributed by atoms with Crippen LogP contribution in [0.25, 0.3) is 0 Å². The first kappa shape index (κ1) is 12.6. The molecule has 4 heteroatoms. The van der Waals surface area contributed by atoms with Gasteiger partial charge in [-0.15, -0.1) is 0 Å². The lowest BCUT2D eigenvalue weighted by atomic mass is 10.2. The topological polar surface area (TPSA) is 63.3 Å². The highest BCUT2D eigenvalue weighted by Crippen LogP contribution is 2.21. The van der Waals surface area contributed by atoms with Crippen LogP contribution in [0, 0.1) is 6.92 Å². The number of phenolic OH excluding ortho intramolecular Hbond substituents is 1. The molecule has 0 aromatic heterocycles. The zero-order valence-electron chi connectivity index (χ0n) is 10.1. The highest BCUT2D eigenvalue weighted by atomic mass is 32.2. The molecule has 2 aromatic carbocycles. The number of phenols is 1. The average Bonchev–Trinajstić information content (AvgIpc) is 2.35. The first-order valence-corrected chi connectivity index (χ1v) is 6.90. The quantitative estimate of drug-likeness (QED) is 0.835. The zero-order valence-corrected chi connectivity index (χ0v) is 10.9. The van der Waals surface area contributed by atoms with Crippen LogP contribution in [0.15, 0.2) is 47.4 Å². The number of aromatic hydroxyl groups is 1. The first-order chi connectivity index (χ1) is 8.56. The molecule has 0 heterocycles. The van der Waals surface area contributed by atoms with Gasteiger partial charge in [0.15, 0.2) is 0 Å². The minimum Gasteiger partial charge on any atom is -0.508 e. The van der Waals surface area contributed by atoms with Gasteiger partial charge in [-0.05, 0) is 42.3 Å².